The maximum atomic E-state index is 14.5. The van der Waals surface area contributed by atoms with E-state index in [1.807, 2.05) is 27.7 Å². The van der Waals surface area contributed by atoms with Crippen molar-refractivity contribution in [3.63, 3.8) is 0 Å². The summed E-state index contributed by atoms with van der Waals surface area (Å²) in [5, 5.41) is 0. The Morgan fingerprint density at radius 2 is 1.69 bits per heavy atom. The van der Waals surface area contributed by atoms with Crippen LogP contribution in [0.1, 0.15) is 50.9 Å². The lowest BCUT2D eigenvalue weighted by Crippen LogP contribution is -2.41. The first-order chi connectivity index (χ1) is 11.8. The topological polar surface area (TPSA) is 44.8 Å². The van der Waals surface area contributed by atoms with E-state index in [1.165, 1.54) is 13.2 Å². The van der Waals surface area contributed by atoms with Gasteiger partial charge in [0.05, 0.1) is 30.3 Å². The van der Waals surface area contributed by atoms with Crippen molar-refractivity contribution >= 4 is 18.4 Å². The Bertz CT molecular complexity index is 685. The monoisotopic (exact) mass is 376 g/mol. The van der Waals surface area contributed by atoms with E-state index in [-0.39, 0.29) is 11.2 Å². The highest BCUT2D eigenvalue weighted by atomic mass is 19.4. The molecule has 0 N–H and O–H groups in total. The highest BCUT2D eigenvalue weighted by molar-refractivity contribution is 6.62. The molecule has 0 unspecified atom stereocenters. The predicted molar refractivity (Wildman–Crippen MR) is 88.3 cm³/mol. The number of ether oxygens (including phenoxy) is 1. The number of Topliss-reactive ketones (excluding diaryl/α,β-unsaturated/α-hetero) is 1. The highest BCUT2D eigenvalue weighted by Gasteiger charge is 2.52. The third-order valence-corrected chi connectivity index (χ3v) is 4.74. The molecule has 0 spiro atoms. The number of benzene rings is 1. The molecule has 4 nitrogen and oxygen atoms in total. The Hall–Kier alpha value is -1.61. The lowest BCUT2D eigenvalue weighted by Gasteiger charge is -2.32. The molecule has 0 aromatic heterocycles. The van der Waals surface area contributed by atoms with Crippen LogP contribution in [0.4, 0.5) is 17.6 Å². The maximum absolute atomic E-state index is 14.5. The number of halogens is 4. The van der Waals surface area contributed by atoms with E-state index in [9.17, 15) is 22.4 Å². The molecule has 2 rings (SSSR count). The standard InChI is InChI=1S/C17H21BF4O4/c1-15(2)16(3,4)26-18(25-15)10-8-11(19)14(13(9-10)24-5)12(23)6-7-17(20,21)22/h8-9H,6-7H2,1-5H3. The van der Waals surface area contributed by atoms with Gasteiger partial charge in [0.25, 0.3) is 0 Å². The number of carbonyl (C=O) groups is 1. The molecule has 0 atom stereocenters. The summed E-state index contributed by atoms with van der Waals surface area (Å²) in [7, 11) is 0.325. The van der Waals surface area contributed by atoms with Gasteiger partial charge in [-0.15, -0.1) is 0 Å². The summed E-state index contributed by atoms with van der Waals surface area (Å²) in [6.07, 6.45) is -6.68. The minimum atomic E-state index is -4.50. The molecule has 1 aromatic carbocycles. The minimum Gasteiger partial charge on any atom is -0.496 e. The van der Waals surface area contributed by atoms with Gasteiger partial charge >= 0.3 is 13.3 Å². The molecule has 0 aliphatic carbocycles. The smallest absolute Gasteiger partial charge is 0.495 e. The molecule has 1 fully saturated rings. The van der Waals surface area contributed by atoms with E-state index >= 15 is 0 Å². The fraction of sp³-hybridized carbons (Fsp3) is 0.588. The Labute approximate surface area is 149 Å². The van der Waals surface area contributed by atoms with E-state index in [1.54, 1.807) is 0 Å². The summed E-state index contributed by atoms with van der Waals surface area (Å²) in [5.41, 5.74) is -1.52. The highest BCUT2D eigenvalue weighted by Crippen LogP contribution is 2.37. The Balaban J connectivity index is 2.32. The molecular weight excluding hydrogens is 355 g/mol. The second-order valence-corrected chi connectivity index (χ2v) is 7.21. The van der Waals surface area contributed by atoms with Crippen LogP contribution in [0.3, 0.4) is 0 Å². The van der Waals surface area contributed by atoms with Gasteiger partial charge in [-0.25, -0.2) is 4.39 Å². The van der Waals surface area contributed by atoms with Crippen molar-refractivity contribution < 1.29 is 36.4 Å². The molecule has 26 heavy (non-hydrogen) atoms. The zero-order valence-corrected chi connectivity index (χ0v) is 15.3. The van der Waals surface area contributed by atoms with Crippen molar-refractivity contribution in [1.29, 1.82) is 0 Å². The summed E-state index contributed by atoms with van der Waals surface area (Å²) in [6.45, 7) is 7.32. The van der Waals surface area contributed by atoms with Crippen LogP contribution in [0.2, 0.25) is 0 Å². The fourth-order valence-electron chi connectivity index (χ4n) is 2.53. The maximum Gasteiger partial charge on any atom is 0.495 e. The Morgan fingerprint density at radius 3 is 2.15 bits per heavy atom. The van der Waals surface area contributed by atoms with Gasteiger partial charge in [0.2, 0.25) is 0 Å². The molecule has 0 radical (unpaired) electrons. The van der Waals surface area contributed by atoms with Gasteiger partial charge in [0, 0.05) is 6.42 Å². The van der Waals surface area contributed by atoms with Gasteiger partial charge in [-0.2, -0.15) is 13.2 Å². The van der Waals surface area contributed by atoms with Gasteiger partial charge < -0.3 is 14.0 Å². The van der Waals surface area contributed by atoms with E-state index < -0.39 is 54.5 Å². The summed E-state index contributed by atoms with van der Waals surface area (Å²) in [5.74, 6) is -2.10. The average Bonchev–Trinajstić information content (AvgIpc) is 2.71. The van der Waals surface area contributed by atoms with E-state index in [4.69, 9.17) is 14.0 Å². The zero-order valence-electron chi connectivity index (χ0n) is 15.3. The first-order valence-electron chi connectivity index (χ1n) is 8.10. The largest absolute Gasteiger partial charge is 0.496 e. The van der Waals surface area contributed by atoms with E-state index in [0.717, 1.165) is 6.07 Å². The third kappa shape index (κ3) is 4.20. The van der Waals surface area contributed by atoms with Crippen LogP contribution in [0.25, 0.3) is 0 Å². The molecule has 0 amide bonds. The third-order valence-electron chi connectivity index (χ3n) is 4.74. The van der Waals surface area contributed by atoms with Gasteiger partial charge in [0.15, 0.2) is 5.78 Å². The lowest BCUT2D eigenvalue weighted by molar-refractivity contribution is -0.133. The van der Waals surface area contributed by atoms with Crippen molar-refractivity contribution in [2.24, 2.45) is 0 Å². The van der Waals surface area contributed by atoms with Crippen molar-refractivity contribution in [2.75, 3.05) is 7.11 Å². The fourth-order valence-corrected chi connectivity index (χ4v) is 2.53. The van der Waals surface area contributed by atoms with Crippen molar-refractivity contribution in [2.45, 2.75) is 57.9 Å². The molecule has 1 saturated heterocycles. The summed E-state index contributed by atoms with van der Waals surface area (Å²) < 4.78 is 68.1. The molecule has 9 heteroatoms. The Kier molecular flexibility index (Phi) is 5.45. The predicted octanol–water partition coefficient (Wildman–Crippen LogP) is 3.66. The lowest BCUT2D eigenvalue weighted by atomic mass is 9.78. The van der Waals surface area contributed by atoms with Crippen molar-refractivity contribution in [1.82, 2.24) is 0 Å². The van der Waals surface area contributed by atoms with E-state index in [2.05, 4.69) is 0 Å². The van der Waals surface area contributed by atoms with Crippen LogP contribution in [-0.2, 0) is 9.31 Å². The molecule has 0 bridgehead atoms. The second kappa shape index (κ2) is 6.85. The van der Waals surface area contributed by atoms with Crippen LogP contribution in [0, 0.1) is 5.82 Å². The Morgan fingerprint density at radius 1 is 1.15 bits per heavy atom. The van der Waals surface area contributed by atoms with Gasteiger partial charge in [-0.05, 0) is 45.3 Å². The SMILES string of the molecule is COc1cc(B2OC(C)(C)C(C)(C)O2)cc(F)c1C(=O)CCC(F)(F)F. The molecular formula is C17H21BF4O4. The molecule has 1 aromatic rings. The molecule has 144 valence electrons. The van der Waals surface area contributed by atoms with Crippen molar-refractivity contribution in [3.8, 4) is 5.75 Å². The number of ketones is 1. The first-order valence-corrected chi connectivity index (χ1v) is 8.10. The van der Waals surface area contributed by atoms with Crippen LogP contribution in [0.5, 0.6) is 5.75 Å². The van der Waals surface area contributed by atoms with Gasteiger partial charge in [0.1, 0.15) is 11.6 Å². The van der Waals surface area contributed by atoms with Gasteiger partial charge in [-0.3, -0.25) is 4.79 Å². The van der Waals surface area contributed by atoms with Crippen molar-refractivity contribution in [3.05, 3.63) is 23.5 Å². The van der Waals surface area contributed by atoms with Crippen LogP contribution < -0.4 is 10.2 Å². The van der Waals surface area contributed by atoms with E-state index in [0.29, 0.717) is 0 Å². The summed E-state index contributed by atoms with van der Waals surface area (Å²) in [6, 6.07) is 2.39. The van der Waals surface area contributed by atoms with Gasteiger partial charge in [-0.1, -0.05) is 0 Å². The molecule has 0 saturated carbocycles. The van der Waals surface area contributed by atoms with Crippen LogP contribution in [-0.4, -0.2) is 37.4 Å². The summed E-state index contributed by atoms with van der Waals surface area (Å²) >= 11 is 0. The quantitative estimate of drug-likeness (QED) is 0.447. The molecule has 1 aliphatic heterocycles. The normalized spacial score (nSPS) is 18.9. The average molecular weight is 376 g/mol. The van der Waals surface area contributed by atoms with Crippen LogP contribution in [0.15, 0.2) is 12.1 Å². The minimum absolute atomic E-state index is 0.151. The number of hydrogen-bond donors (Lipinski definition) is 0. The first kappa shape index (κ1) is 20.7. The second-order valence-electron chi connectivity index (χ2n) is 7.21. The number of hydrogen-bond acceptors (Lipinski definition) is 4. The zero-order chi connectivity index (χ0) is 19.9. The molecule has 1 aliphatic rings. The number of methoxy groups -OCH3 is 1. The summed E-state index contributed by atoms with van der Waals surface area (Å²) in [4.78, 5) is 12.0. The number of alkyl halides is 3. The number of carbonyl (C=O) groups excluding carboxylic acids is 1. The molecule has 1 heterocycles. The van der Waals surface area contributed by atoms with Crippen LogP contribution >= 0.6 is 0 Å². The number of rotatable bonds is 5.